The largest absolute Gasteiger partial charge is 0.349 e. The van der Waals surface area contributed by atoms with E-state index in [1.54, 1.807) is 0 Å². The van der Waals surface area contributed by atoms with E-state index >= 15 is 0 Å². The fourth-order valence-corrected chi connectivity index (χ4v) is 15.1. The van der Waals surface area contributed by atoms with Gasteiger partial charge >= 0.3 is 0 Å². The predicted octanol–water partition coefficient (Wildman–Crippen LogP) is 12.0. The Bertz CT molecular complexity index is 1600. The molecule has 7 fully saturated rings. The highest BCUT2D eigenvalue weighted by atomic mass is 16.8. The molecule has 62 heavy (non-hydrogen) atoms. The van der Waals surface area contributed by atoms with Crippen molar-refractivity contribution in [1.29, 1.82) is 0 Å². The summed E-state index contributed by atoms with van der Waals surface area (Å²) < 4.78 is 47.7. The Hall–Kier alpha value is -0.870. The molecule has 8 nitrogen and oxygen atoms in total. The number of ketones is 1. The van der Waals surface area contributed by atoms with Crippen molar-refractivity contribution in [2.24, 2.45) is 93.7 Å². The number of hydrogen-bond acceptors (Lipinski definition) is 8. The smallest absolute Gasteiger partial charge is 0.184 e. The quantitative estimate of drug-likeness (QED) is 0.227. The SMILES string of the molecule is CCC1OC(O[C@H]2CC[C@]3(C)C4CC[C@]5(C)[C@@H]([C@H](C)[C@H]6CC[C@H](C)[C@@H](OC7OC(C)C(C)C(C)C7C)O6)CC[C@H]5C4=CC(=O)[C@H]3C2)C(OC2OC(C)C(C)C(C)C2C)C(C)C1C. The molecule has 0 aromatic rings. The summed E-state index contributed by atoms with van der Waals surface area (Å²) in [5.74, 6) is 5.79. The standard InChI is InChI=1S/C54H90O8/c1-16-46-32(7)33(8)48(61-50-34(9)28(3)30(5)37(12)56-50)52(59-46)58-39-21-23-54(15)43-22-24-53(14)41(18-19-42(53)40(43)26-45(55)44(54)25-39)36(11)47-20-17-27(2)49(60-47)62-51-35(10)29(4)31(6)38(13)57-51/h26-39,41-44,46-52H,16-25H2,1-15H3/t27-,28?,29?,30?,31?,32?,33?,34?,35?,36-,37?,38?,39-,41+,42-,43?,44+,46?,47+,48?,49+,50?,51?,52?,53+,54+/m0/s1. The number of carbonyl (C=O) groups excluding carboxylic acids is 1. The molecule has 8 heteroatoms. The summed E-state index contributed by atoms with van der Waals surface area (Å²) in [6.45, 7) is 34.8. The molecule has 0 bridgehead atoms. The first-order chi connectivity index (χ1) is 29.3. The molecule has 0 amide bonds. The van der Waals surface area contributed by atoms with Gasteiger partial charge in [-0.1, -0.05) is 95.6 Å². The molecule has 4 aliphatic heterocycles. The average Bonchev–Trinajstić information content (AvgIpc) is 3.60. The van der Waals surface area contributed by atoms with Gasteiger partial charge in [-0.25, -0.2) is 0 Å². The maximum Gasteiger partial charge on any atom is 0.184 e. The lowest BCUT2D eigenvalue weighted by Crippen LogP contribution is -2.57. The monoisotopic (exact) mass is 867 g/mol. The second kappa shape index (κ2) is 18.3. The fourth-order valence-electron chi connectivity index (χ4n) is 15.1. The molecular formula is C54H90O8. The highest BCUT2D eigenvalue weighted by Gasteiger charge is 2.61. The van der Waals surface area contributed by atoms with Crippen LogP contribution in [0.15, 0.2) is 11.6 Å². The van der Waals surface area contributed by atoms with E-state index in [0.717, 1.165) is 44.9 Å². The minimum atomic E-state index is -0.475. The van der Waals surface area contributed by atoms with E-state index in [-0.39, 0.29) is 84.1 Å². The minimum absolute atomic E-state index is 0.0266. The molecule has 4 saturated heterocycles. The Balaban J connectivity index is 0.936. The summed E-state index contributed by atoms with van der Waals surface area (Å²) in [7, 11) is 0. The van der Waals surface area contributed by atoms with Crippen molar-refractivity contribution in [2.45, 2.75) is 230 Å². The van der Waals surface area contributed by atoms with E-state index < -0.39 is 6.29 Å². The number of allylic oxidation sites excluding steroid dienone is 2. The van der Waals surface area contributed by atoms with Crippen LogP contribution in [0, 0.1) is 93.7 Å². The van der Waals surface area contributed by atoms with Crippen molar-refractivity contribution >= 4 is 5.78 Å². The molecule has 0 spiro atoms. The summed E-state index contributed by atoms with van der Waals surface area (Å²) in [4.78, 5) is 14.6. The first-order valence-electron chi connectivity index (χ1n) is 26.1. The fraction of sp³-hybridized carbons (Fsp3) is 0.944. The van der Waals surface area contributed by atoms with Crippen molar-refractivity contribution in [3.8, 4) is 0 Å². The minimum Gasteiger partial charge on any atom is -0.349 e. The van der Waals surface area contributed by atoms with Gasteiger partial charge in [0.25, 0.3) is 0 Å². The molecule has 8 aliphatic rings. The number of fused-ring (bicyclic) bond motifs is 5. The van der Waals surface area contributed by atoms with Gasteiger partial charge in [-0.3, -0.25) is 4.79 Å². The van der Waals surface area contributed by atoms with Gasteiger partial charge in [0.15, 0.2) is 30.9 Å². The maximum absolute atomic E-state index is 14.6. The van der Waals surface area contributed by atoms with E-state index in [9.17, 15) is 4.79 Å². The van der Waals surface area contributed by atoms with Crippen LogP contribution in [0.25, 0.3) is 0 Å². The zero-order valence-electron chi connectivity index (χ0n) is 41.8. The third kappa shape index (κ3) is 8.30. The highest BCUT2D eigenvalue weighted by Crippen LogP contribution is 2.67. The van der Waals surface area contributed by atoms with Gasteiger partial charge in [-0.2, -0.15) is 0 Å². The Kier molecular flexibility index (Phi) is 14.1. The van der Waals surface area contributed by atoms with Gasteiger partial charge in [0.2, 0.25) is 0 Å². The number of ether oxygens (including phenoxy) is 7. The van der Waals surface area contributed by atoms with Gasteiger partial charge in [-0.15, -0.1) is 0 Å². The maximum atomic E-state index is 14.6. The zero-order chi connectivity index (χ0) is 44.7. The molecular weight excluding hydrogens is 777 g/mol. The summed E-state index contributed by atoms with van der Waals surface area (Å²) >= 11 is 0. The van der Waals surface area contributed by atoms with Crippen LogP contribution in [0.4, 0.5) is 0 Å². The van der Waals surface area contributed by atoms with Gasteiger partial charge in [0, 0.05) is 23.7 Å². The van der Waals surface area contributed by atoms with E-state index in [1.165, 1.54) is 24.8 Å². The molecule has 0 radical (unpaired) electrons. The molecule has 4 aliphatic carbocycles. The van der Waals surface area contributed by atoms with E-state index in [2.05, 4.69) is 110 Å². The third-order valence-electron chi connectivity index (χ3n) is 21.0. The van der Waals surface area contributed by atoms with Crippen molar-refractivity contribution in [2.75, 3.05) is 0 Å². The molecule has 0 N–H and O–H groups in total. The molecule has 26 atom stereocenters. The Labute approximate surface area is 377 Å². The van der Waals surface area contributed by atoms with Crippen LogP contribution in [-0.4, -0.2) is 67.6 Å². The van der Waals surface area contributed by atoms with Crippen molar-refractivity contribution < 1.29 is 38.0 Å². The van der Waals surface area contributed by atoms with E-state index in [0.29, 0.717) is 70.9 Å². The van der Waals surface area contributed by atoms with Gasteiger partial charge < -0.3 is 33.2 Å². The van der Waals surface area contributed by atoms with Crippen LogP contribution in [0.5, 0.6) is 0 Å². The van der Waals surface area contributed by atoms with Gasteiger partial charge in [0.1, 0.15) is 6.10 Å². The van der Waals surface area contributed by atoms with Crippen LogP contribution < -0.4 is 0 Å². The highest BCUT2D eigenvalue weighted by molar-refractivity contribution is 5.94. The molecule has 0 aromatic carbocycles. The molecule has 16 unspecified atom stereocenters. The first kappa shape index (κ1) is 47.6. The van der Waals surface area contributed by atoms with E-state index in [1.807, 2.05) is 0 Å². The van der Waals surface area contributed by atoms with Crippen LogP contribution in [0.2, 0.25) is 0 Å². The lowest BCUT2D eigenvalue weighted by molar-refractivity contribution is -0.344. The summed E-state index contributed by atoms with van der Waals surface area (Å²) in [5.41, 5.74) is 1.60. The normalized spacial score (nSPS) is 55.1. The number of carbonyl (C=O) groups is 1. The van der Waals surface area contributed by atoms with Crippen LogP contribution in [-0.2, 0) is 38.0 Å². The summed E-state index contributed by atoms with van der Waals surface area (Å²) in [5, 5.41) is 0. The summed E-state index contributed by atoms with van der Waals surface area (Å²) in [6, 6.07) is 0. The number of rotatable bonds is 9. The molecule has 8 rings (SSSR count). The second-order valence-electron chi connectivity index (χ2n) is 23.9. The van der Waals surface area contributed by atoms with Crippen molar-refractivity contribution in [3.05, 3.63) is 11.6 Å². The zero-order valence-corrected chi connectivity index (χ0v) is 41.8. The van der Waals surface area contributed by atoms with E-state index in [4.69, 9.17) is 33.2 Å². The van der Waals surface area contributed by atoms with Crippen LogP contribution >= 0.6 is 0 Å². The topological polar surface area (TPSA) is 81.7 Å². The van der Waals surface area contributed by atoms with Crippen molar-refractivity contribution in [3.63, 3.8) is 0 Å². The second-order valence-corrected chi connectivity index (χ2v) is 23.9. The van der Waals surface area contributed by atoms with Crippen LogP contribution in [0.3, 0.4) is 0 Å². The van der Waals surface area contributed by atoms with Gasteiger partial charge in [-0.05, 0) is 154 Å². The lowest BCUT2D eigenvalue weighted by Gasteiger charge is -2.57. The predicted molar refractivity (Wildman–Crippen MR) is 244 cm³/mol. The van der Waals surface area contributed by atoms with Crippen LogP contribution in [0.1, 0.15) is 168 Å². The van der Waals surface area contributed by atoms with Gasteiger partial charge in [0.05, 0.1) is 30.5 Å². The molecule has 3 saturated carbocycles. The Morgan fingerprint density at radius 2 is 1.21 bits per heavy atom. The summed E-state index contributed by atoms with van der Waals surface area (Å²) in [6.07, 6.45) is 11.9. The molecule has 0 aromatic heterocycles. The number of hydrogen-bond donors (Lipinski definition) is 0. The van der Waals surface area contributed by atoms with Crippen molar-refractivity contribution in [1.82, 2.24) is 0 Å². The lowest BCUT2D eigenvalue weighted by atomic mass is 9.47. The molecule has 4 heterocycles. The Morgan fingerprint density at radius 3 is 1.85 bits per heavy atom. The third-order valence-corrected chi connectivity index (χ3v) is 21.0. The Morgan fingerprint density at radius 1 is 0.597 bits per heavy atom. The first-order valence-corrected chi connectivity index (χ1v) is 26.1. The average molecular weight is 867 g/mol. The molecule has 354 valence electrons.